The zero-order valence-electron chi connectivity index (χ0n) is 51.9. The zero-order chi connectivity index (χ0) is 61.7. The number of esters is 2. The van der Waals surface area contributed by atoms with E-state index >= 15 is 0 Å². The summed E-state index contributed by atoms with van der Waals surface area (Å²) in [5, 5.41) is 6.81. The van der Waals surface area contributed by atoms with Crippen LogP contribution in [0.4, 0.5) is 16.2 Å². The first-order valence-corrected chi connectivity index (χ1v) is 33.5. The summed E-state index contributed by atoms with van der Waals surface area (Å²) in [5.41, 5.74) is 5.51. The van der Waals surface area contributed by atoms with Crippen molar-refractivity contribution < 1.29 is 56.2 Å². The van der Waals surface area contributed by atoms with Gasteiger partial charge in [-0.2, -0.15) is 0 Å². The van der Waals surface area contributed by atoms with Crippen LogP contribution < -0.4 is 40.8 Å². The quantitative estimate of drug-likeness (QED) is 0.0147. The van der Waals surface area contributed by atoms with Gasteiger partial charge in [0.1, 0.15) is 28.0 Å². The van der Waals surface area contributed by atoms with E-state index in [0.29, 0.717) is 97.2 Å². The van der Waals surface area contributed by atoms with E-state index in [1.54, 1.807) is 58.1 Å². The van der Waals surface area contributed by atoms with Gasteiger partial charge < -0.3 is 58.1 Å². The molecule has 0 spiro atoms. The zero-order valence-corrected chi connectivity index (χ0v) is 53.7. The SMILES string of the molecule is CCOC(=O)CCCOc1ccc(C#Cc2cc(CNCCN(CCNCc3cc(C#Cc4ccc(OCCCC(=O)OCC)c(N(CC)CC)c4)cc(P(C)(=O)OCC)n3)C(=O)OC(C)(C)C)nc(P(C)(=O)OCC)c2)cc1N(CC)CC. The number of nitrogens with one attached hydrogen (secondary N) is 2. The smallest absolute Gasteiger partial charge is 0.410 e. The molecule has 2 atom stereocenters. The summed E-state index contributed by atoms with van der Waals surface area (Å²) >= 11 is 0. The first kappa shape index (κ1) is 70.1. The maximum atomic E-state index is 13.8. The van der Waals surface area contributed by atoms with Crippen LogP contribution in [0.15, 0.2) is 60.7 Å². The van der Waals surface area contributed by atoms with E-state index in [4.69, 9.17) is 42.7 Å². The molecule has 1 amide bonds. The van der Waals surface area contributed by atoms with Gasteiger partial charge in [0, 0.05) is 114 Å². The molecule has 2 aromatic heterocycles. The number of nitrogens with zero attached hydrogens (tertiary/aromatic N) is 5. The largest absolute Gasteiger partial charge is 0.491 e. The van der Waals surface area contributed by atoms with Gasteiger partial charge in [0.15, 0.2) is 0 Å². The minimum absolute atomic E-state index is 0.238. The molecule has 460 valence electrons. The number of benzene rings is 2. The second-order valence-corrected chi connectivity index (χ2v) is 25.3. The van der Waals surface area contributed by atoms with Crippen molar-refractivity contribution in [1.82, 2.24) is 25.5 Å². The van der Waals surface area contributed by atoms with Gasteiger partial charge in [-0.05, 0) is 150 Å². The van der Waals surface area contributed by atoms with Crippen molar-refractivity contribution in [3.05, 3.63) is 94.3 Å². The molecule has 0 bridgehead atoms. The fourth-order valence-corrected chi connectivity index (χ4v) is 11.2. The summed E-state index contributed by atoms with van der Waals surface area (Å²) in [7, 11) is -6.62. The van der Waals surface area contributed by atoms with E-state index in [2.05, 4.69) is 71.8 Å². The molecule has 4 rings (SSSR count). The normalized spacial score (nSPS) is 12.5. The molecule has 84 heavy (non-hydrogen) atoms. The Morgan fingerprint density at radius 2 is 0.940 bits per heavy atom. The number of rotatable bonds is 34. The number of amides is 1. The van der Waals surface area contributed by atoms with Crippen LogP contribution in [0.2, 0.25) is 0 Å². The number of anilines is 2. The van der Waals surface area contributed by atoms with Crippen LogP contribution in [-0.4, -0.2) is 144 Å². The van der Waals surface area contributed by atoms with Crippen molar-refractivity contribution in [2.24, 2.45) is 0 Å². The van der Waals surface area contributed by atoms with Crippen LogP contribution >= 0.6 is 14.7 Å². The average Bonchev–Trinajstić information content (AvgIpc) is 3.46. The van der Waals surface area contributed by atoms with Crippen molar-refractivity contribution >= 4 is 55.0 Å². The molecule has 0 radical (unpaired) electrons. The highest BCUT2D eigenvalue weighted by Gasteiger charge is 2.25. The summed E-state index contributed by atoms with van der Waals surface area (Å²) < 4.78 is 67.3. The molecule has 2 aromatic carbocycles. The molecule has 0 saturated carbocycles. The number of hydrogen-bond acceptors (Lipinski definition) is 18. The van der Waals surface area contributed by atoms with E-state index in [1.165, 1.54) is 0 Å². The standard InChI is InChI=1S/C63H91N7O12P2/c1-14-68(15-2)54-42-48(30-32-56(54)78-38-22-24-60(71)76-18-5)26-28-50-40-52(66-58(44-50)83(12,74)80-20-7)46-64-34-36-70(62(73)82-63(9,10)11)37-35-65-47-53-41-51(45-59(67-53)84(13,75)81-21-8)29-27-49-31-33-57(55(43-49)69(16-3)17-4)79-39-23-25-61(72)77-19-6/h30-33,40-45,64-65H,14-25,34-39,46-47H2,1-13H3. The molecule has 0 aliphatic carbocycles. The molecule has 0 aliphatic rings. The van der Waals surface area contributed by atoms with Crippen molar-refractivity contribution in [2.75, 3.05) is 115 Å². The molecule has 19 nitrogen and oxygen atoms in total. The molecule has 2 unspecified atom stereocenters. The topological polar surface area (TPSA) is 210 Å². The predicted octanol–water partition coefficient (Wildman–Crippen LogP) is 9.67. The van der Waals surface area contributed by atoms with Crippen molar-refractivity contribution in [3.63, 3.8) is 0 Å². The summed E-state index contributed by atoms with van der Waals surface area (Å²) in [4.78, 5) is 52.9. The summed E-state index contributed by atoms with van der Waals surface area (Å²) in [5.74, 6) is 14.0. The van der Waals surface area contributed by atoms with E-state index < -0.39 is 26.4 Å². The Bertz CT molecular complexity index is 2810. The Labute approximate surface area is 499 Å². The van der Waals surface area contributed by atoms with Gasteiger partial charge in [0.25, 0.3) is 0 Å². The van der Waals surface area contributed by atoms with E-state index in [9.17, 15) is 23.5 Å². The van der Waals surface area contributed by atoms with Crippen LogP contribution in [0.3, 0.4) is 0 Å². The Balaban J connectivity index is 1.52. The fourth-order valence-electron chi connectivity index (χ4n) is 8.60. The lowest BCUT2D eigenvalue weighted by Crippen LogP contribution is -2.43. The van der Waals surface area contributed by atoms with Crippen LogP contribution in [-0.2, 0) is 55.1 Å². The number of carbonyl (C=O) groups excluding carboxylic acids is 3. The van der Waals surface area contributed by atoms with Crippen molar-refractivity contribution in [1.29, 1.82) is 0 Å². The molecule has 4 aromatic rings. The van der Waals surface area contributed by atoms with Gasteiger partial charge in [-0.15, -0.1) is 0 Å². The van der Waals surface area contributed by atoms with Crippen LogP contribution in [0.25, 0.3) is 0 Å². The summed E-state index contributed by atoms with van der Waals surface area (Å²) in [6.07, 6.45) is 1.12. The minimum Gasteiger partial charge on any atom is -0.491 e. The number of hydrogen-bond donors (Lipinski definition) is 2. The molecular formula is C63H91N7O12P2. The molecule has 21 heteroatoms. The Morgan fingerprint density at radius 1 is 0.548 bits per heavy atom. The maximum Gasteiger partial charge on any atom is 0.410 e. The van der Waals surface area contributed by atoms with Gasteiger partial charge in [-0.3, -0.25) is 18.7 Å². The van der Waals surface area contributed by atoms with Gasteiger partial charge >= 0.3 is 18.0 Å². The third-order valence-corrected chi connectivity index (χ3v) is 16.3. The maximum absolute atomic E-state index is 13.8. The molecular weight excluding hydrogens is 1110 g/mol. The lowest BCUT2D eigenvalue weighted by atomic mass is 10.1. The second-order valence-electron chi connectivity index (χ2n) is 20.5. The second kappa shape index (κ2) is 35.8. The highest BCUT2D eigenvalue weighted by atomic mass is 31.2. The monoisotopic (exact) mass is 1200 g/mol. The molecule has 0 fully saturated rings. The number of aromatic nitrogens is 2. The Kier molecular flexibility index (Phi) is 29.8. The average molecular weight is 1200 g/mol. The number of pyridine rings is 2. The van der Waals surface area contributed by atoms with Crippen molar-refractivity contribution in [2.45, 2.75) is 121 Å². The molecule has 2 heterocycles. The highest BCUT2D eigenvalue weighted by molar-refractivity contribution is 7.66. The fraction of sp³-hybridized carbons (Fsp3) is 0.540. The first-order chi connectivity index (χ1) is 40.1. The van der Waals surface area contributed by atoms with E-state index in [0.717, 1.165) is 48.7 Å². The summed E-state index contributed by atoms with van der Waals surface area (Å²) in [6, 6.07) is 18.6. The third kappa shape index (κ3) is 23.9. The van der Waals surface area contributed by atoms with Crippen LogP contribution in [0, 0.1) is 23.7 Å². The van der Waals surface area contributed by atoms with Crippen molar-refractivity contribution in [3.8, 4) is 35.2 Å². The van der Waals surface area contributed by atoms with E-state index in [1.807, 2.05) is 69.3 Å². The predicted molar refractivity (Wildman–Crippen MR) is 334 cm³/mol. The first-order valence-electron chi connectivity index (χ1n) is 29.4. The lowest BCUT2D eigenvalue weighted by molar-refractivity contribution is -0.144. The number of ether oxygens (including phenoxy) is 5. The summed E-state index contributed by atoms with van der Waals surface area (Å²) in [6.45, 7) is 30.7. The third-order valence-electron chi connectivity index (χ3n) is 12.7. The van der Waals surface area contributed by atoms with Crippen LogP contribution in [0.5, 0.6) is 11.5 Å². The van der Waals surface area contributed by atoms with E-state index in [-0.39, 0.29) is 64.2 Å². The highest BCUT2D eigenvalue weighted by Crippen LogP contribution is 2.41. The van der Waals surface area contributed by atoms with Gasteiger partial charge in [0.05, 0.1) is 62.4 Å². The lowest BCUT2D eigenvalue weighted by Gasteiger charge is -2.27. The molecule has 0 saturated heterocycles. The van der Waals surface area contributed by atoms with Gasteiger partial charge in [-0.1, -0.05) is 23.7 Å². The Hall–Kier alpha value is -6.43. The number of carbonyl (C=O) groups is 3. The molecule has 2 N–H and O–H groups in total. The van der Waals surface area contributed by atoms with Gasteiger partial charge in [-0.25, -0.2) is 14.8 Å². The minimum atomic E-state index is -3.31. The van der Waals surface area contributed by atoms with Gasteiger partial charge in [0.2, 0.25) is 14.7 Å². The van der Waals surface area contributed by atoms with Crippen LogP contribution in [0.1, 0.15) is 135 Å². The Morgan fingerprint density at radius 3 is 1.30 bits per heavy atom. The molecule has 0 aliphatic heterocycles.